The summed E-state index contributed by atoms with van der Waals surface area (Å²) in [5.41, 5.74) is 1.22. The Labute approximate surface area is 130 Å². The first-order valence-electron chi connectivity index (χ1n) is 7.01. The van der Waals surface area contributed by atoms with Gasteiger partial charge in [0.15, 0.2) is 11.2 Å². The Morgan fingerprint density at radius 2 is 2.13 bits per heavy atom. The minimum atomic E-state index is -1.29. The lowest BCUT2D eigenvalue weighted by atomic mass is 10.2. The van der Waals surface area contributed by atoms with E-state index in [9.17, 15) is 14.7 Å². The Bertz CT molecular complexity index is 900. The minimum absolute atomic E-state index is 0.0455. The van der Waals surface area contributed by atoms with Crippen molar-refractivity contribution in [2.75, 3.05) is 5.32 Å². The summed E-state index contributed by atoms with van der Waals surface area (Å²) in [6.07, 6.45) is 1.53. The molecule has 3 rings (SSSR count). The smallest absolute Gasteiger partial charge is 0.278 e. The lowest BCUT2D eigenvalue weighted by Gasteiger charge is -2.14. The number of aromatic amines is 1. The Morgan fingerprint density at radius 1 is 1.39 bits per heavy atom. The topological polar surface area (TPSA) is 116 Å². The number of nitrogens with zero attached hydrogens (tertiary/aromatic N) is 3. The van der Waals surface area contributed by atoms with E-state index in [1.165, 1.54) is 13.3 Å². The van der Waals surface area contributed by atoms with Gasteiger partial charge in [-0.05, 0) is 12.5 Å². The zero-order chi connectivity index (χ0) is 16.4. The van der Waals surface area contributed by atoms with E-state index in [1.54, 1.807) is 4.57 Å². The molecule has 0 bridgehead atoms. The van der Waals surface area contributed by atoms with Crippen molar-refractivity contribution in [1.29, 1.82) is 0 Å². The molecule has 1 atom stereocenters. The Hall–Kier alpha value is -3.16. The number of imidazole rings is 1. The summed E-state index contributed by atoms with van der Waals surface area (Å²) in [7, 11) is 0. The van der Waals surface area contributed by atoms with E-state index in [1.807, 2.05) is 30.3 Å². The molecule has 2 heterocycles. The molecule has 0 radical (unpaired) electrons. The summed E-state index contributed by atoms with van der Waals surface area (Å²) in [6, 6.07) is 8.67. The van der Waals surface area contributed by atoms with Gasteiger partial charge in [-0.3, -0.25) is 9.78 Å². The molecular formula is C15H14N5O3-. The molecule has 0 aliphatic heterocycles. The molecule has 0 amide bonds. The summed E-state index contributed by atoms with van der Waals surface area (Å²) >= 11 is 0. The zero-order valence-corrected chi connectivity index (χ0v) is 12.3. The first kappa shape index (κ1) is 14.8. The van der Waals surface area contributed by atoms with Crippen molar-refractivity contribution in [1.82, 2.24) is 19.5 Å². The highest BCUT2D eigenvalue weighted by atomic mass is 16.4. The summed E-state index contributed by atoms with van der Waals surface area (Å²) in [5.74, 6) is -1.24. The molecule has 0 aliphatic carbocycles. The van der Waals surface area contributed by atoms with Crippen LogP contribution in [0.2, 0.25) is 0 Å². The number of fused-ring (bicyclic) bond motifs is 1. The summed E-state index contributed by atoms with van der Waals surface area (Å²) in [5, 5.41) is 13.3. The van der Waals surface area contributed by atoms with Gasteiger partial charge in [-0.15, -0.1) is 0 Å². The first-order valence-corrected chi connectivity index (χ1v) is 7.01. The maximum atomic E-state index is 12.3. The van der Waals surface area contributed by atoms with Gasteiger partial charge in [0.1, 0.15) is 0 Å². The molecule has 3 aromatic rings. The van der Waals surface area contributed by atoms with Crippen molar-refractivity contribution in [2.24, 2.45) is 0 Å². The highest BCUT2D eigenvalue weighted by Gasteiger charge is 2.12. The number of H-pyrrole nitrogens is 1. The van der Waals surface area contributed by atoms with E-state index in [2.05, 4.69) is 20.3 Å². The van der Waals surface area contributed by atoms with E-state index in [0.717, 1.165) is 5.56 Å². The van der Waals surface area contributed by atoms with Crippen LogP contribution in [0, 0.1) is 0 Å². The number of anilines is 1. The number of benzene rings is 1. The van der Waals surface area contributed by atoms with E-state index >= 15 is 0 Å². The van der Waals surface area contributed by atoms with Crippen LogP contribution in [0.1, 0.15) is 12.5 Å². The summed E-state index contributed by atoms with van der Waals surface area (Å²) < 4.78 is 1.70. The van der Waals surface area contributed by atoms with Crippen LogP contribution < -0.4 is 16.0 Å². The predicted molar refractivity (Wildman–Crippen MR) is 81.8 cm³/mol. The average Bonchev–Trinajstić information content (AvgIpc) is 2.91. The number of carbonyl (C=O) groups is 1. The number of carboxylic acids is 1. The van der Waals surface area contributed by atoms with E-state index in [0.29, 0.717) is 12.1 Å². The molecule has 0 unspecified atom stereocenters. The third-order valence-electron chi connectivity index (χ3n) is 3.39. The molecule has 0 saturated heterocycles. The lowest BCUT2D eigenvalue weighted by Crippen LogP contribution is -2.39. The van der Waals surface area contributed by atoms with Gasteiger partial charge >= 0.3 is 0 Å². The van der Waals surface area contributed by atoms with Gasteiger partial charge in [-0.1, -0.05) is 30.3 Å². The van der Waals surface area contributed by atoms with Gasteiger partial charge in [-0.25, -0.2) is 4.98 Å². The van der Waals surface area contributed by atoms with Crippen LogP contribution >= 0.6 is 0 Å². The molecule has 8 heteroatoms. The third kappa shape index (κ3) is 3.05. The molecule has 118 valence electrons. The monoisotopic (exact) mass is 312 g/mol. The fourth-order valence-electron chi connectivity index (χ4n) is 2.22. The van der Waals surface area contributed by atoms with Gasteiger partial charge in [0.05, 0.1) is 18.3 Å². The maximum absolute atomic E-state index is 12.3. The van der Waals surface area contributed by atoms with Crippen molar-refractivity contribution in [2.45, 2.75) is 19.5 Å². The summed E-state index contributed by atoms with van der Waals surface area (Å²) in [4.78, 5) is 33.8. The molecular weight excluding hydrogens is 298 g/mol. The van der Waals surface area contributed by atoms with Crippen molar-refractivity contribution >= 4 is 23.1 Å². The second kappa shape index (κ2) is 5.91. The number of nitrogens with one attached hydrogen (secondary N) is 2. The van der Waals surface area contributed by atoms with Crippen LogP contribution in [0.25, 0.3) is 11.2 Å². The zero-order valence-electron chi connectivity index (χ0n) is 12.3. The number of aliphatic carboxylic acids is 1. The van der Waals surface area contributed by atoms with Crippen molar-refractivity contribution in [3.05, 3.63) is 52.6 Å². The SMILES string of the molecule is C[C@H](Nc1nc2ncn(Cc3ccccc3)c2c(=O)[nH]1)C(=O)[O-]. The van der Waals surface area contributed by atoms with Gasteiger partial charge in [0.2, 0.25) is 5.95 Å². The van der Waals surface area contributed by atoms with E-state index in [4.69, 9.17) is 0 Å². The average molecular weight is 312 g/mol. The minimum Gasteiger partial charge on any atom is -0.548 e. The van der Waals surface area contributed by atoms with Gasteiger partial charge < -0.3 is 19.8 Å². The number of aromatic nitrogens is 4. The number of carboxylic acid groups (broad SMARTS) is 1. The number of rotatable bonds is 5. The van der Waals surface area contributed by atoms with Gasteiger partial charge in [0, 0.05) is 6.54 Å². The quantitative estimate of drug-likeness (QED) is 0.669. The van der Waals surface area contributed by atoms with Crippen molar-refractivity contribution < 1.29 is 9.90 Å². The van der Waals surface area contributed by atoms with Crippen LogP contribution in [0.15, 0.2) is 41.5 Å². The standard InChI is InChI=1S/C15H15N5O3/c1-9(14(22)23)17-15-18-12-11(13(21)19-15)20(8-16-12)7-10-5-3-2-4-6-10/h2-6,8-9H,7H2,1H3,(H,22,23)(H2,17,18,19,21)/p-1/t9-/m0/s1. The Balaban J connectivity index is 1.95. The second-order valence-electron chi connectivity index (χ2n) is 5.13. The Morgan fingerprint density at radius 3 is 2.83 bits per heavy atom. The lowest BCUT2D eigenvalue weighted by molar-refractivity contribution is -0.306. The predicted octanol–water partition coefficient (Wildman–Crippen LogP) is -0.282. The largest absolute Gasteiger partial charge is 0.548 e. The van der Waals surface area contributed by atoms with Crippen LogP contribution in [0.4, 0.5) is 5.95 Å². The molecule has 0 aliphatic rings. The molecule has 2 N–H and O–H groups in total. The number of hydrogen-bond donors (Lipinski definition) is 2. The third-order valence-corrected chi connectivity index (χ3v) is 3.39. The second-order valence-corrected chi connectivity index (χ2v) is 5.13. The normalized spacial score (nSPS) is 12.2. The van der Waals surface area contributed by atoms with Gasteiger partial charge in [0.25, 0.3) is 5.56 Å². The molecule has 8 nitrogen and oxygen atoms in total. The first-order chi connectivity index (χ1) is 11.0. The van der Waals surface area contributed by atoms with Crippen LogP contribution in [-0.4, -0.2) is 31.5 Å². The number of hydrogen-bond acceptors (Lipinski definition) is 6. The maximum Gasteiger partial charge on any atom is 0.278 e. The van der Waals surface area contributed by atoms with Crippen molar-refractivity contribution in [3.8, 4) is 0 Å². The highest BCUT2D eigenvalue weighted by molar-refractivity contribution is 5.75. The van der Waals surface area contributed by atoms with Crippen LogP contribution in [-0.2, 0) is 11.3 Å². The molecule has 0 spiro atoms. The number of carbonyl (C=O) groups excluding carboxylic acids is 1. The van der Waals surface area contributed by atoms with Crippen molar-refractivity contribution in [3.63, 3.8) is 0 Å². The van der Waals surface area contributed by atoms with Gasteiger partial charge in [-0.2, -0.15) is 4.98 Å². The van der Waals surface area contributed by atoms with Crippen LogP contribution in [0.5, 0.6) is 0 Å². The molecule has 2 aromatic heterocycles. The fourth-order valence-corrected chi connectivity index (χ4v) is 2.22. The van der Waals surface area contributed by atoms with E-state index in [-0.39, 0.29) is 11.6 Å². The summed E-state index contributed by atoms with van der Waals surface area (Å²) in [6.45, 7) is 1.89. The molecule has 1 aromatic carbocycles. The highest BCUT2D eigenvalue weighted by Crippen LogP contribution is 2.11. The van der Waals surface area contributed by atoms with Crippen LogP contribution in [0.3, 0.4) is 0 Å². The molecule has 0 saturated carbocycles. The Kier molecular flexibility index (Phi) is 3.80. The van der Waals surface area contributed by atoms with E-state index < -0.39 is 17.6 Å². The fraction of sp³-hybridized carbons (Fsp3) is 0.200. The molecule has 0 fully saturated rings. The molecule has 23 heavy (non-hydrogen) atoms.